The lowest BCUT2D eigenvalue weighted by atomic mass is 10.1. The molecule has 0 unspecified atom stereocenters. The van der Waals surface area contributed by atoms with Gasteiger partial charge in [-0.3, -0.25) is 0 Å². The number of nitrogens with two attached hydrogens (primary N) is 1. The van der Waals surface area contributed by atoms with Gasteiger partial charge in [0, 0.05) is 23.8 Å². The Kier molecular flexibility index (Phi) is 2.73. The van der Waals surface area contributed by atoms with Crippen molar-refractivity contribution in [3.8, 4) is 0 Å². The van der Waals surface area contributed by atoms with E-state index in [2.05, 4.69) is 35.9 Å². The van der Waals surface area contributed by atoms with Gasteiger partial charge in [-0.2, -0.15) is 0 Å². The fourth-order valence-corrected chi connectivity index (χ4v) is 1.90. The van der Waals surface area contributed by atoms with Crippen LogP contribution >= 0.6 is 12.2 Å². The lowest BCUT2D eigenvalue weighted by molar-refractivity contribution is 0.703. The van der Waals surface area contributed by atoms with Gasteiger partial charge in [-0.05, 0) is 23.9 Å². The van der Waals surface area contributed by atoms with Gasteiger partial charge >= 0.3 is 0 Å². The van der Waals surface area contributed by atoms with Crippen LogP contribution in [0, 0.1) is 0 Å². The van der Waals surface area contributed by atoms with Crippen LogP contribution in [0.1, 0.15) is 18.9 Å². The molecule has 0 saturated carbocycles. The molecule has 15 heavy (non-hydrogen) atoms. The van der Waals surface area contributed by atoms with Crippen molar-refractivity contribution in [2.75, 3.05) is 0 Å². The van der Waals surface area contributed by atoms with E-state index in [0.717, 1.165) is 18.5 Å². The molecule has 0 saturated heterocycles. The van der Waals surface area contributed by atoms with E-state index < -0.39 is 0 Å². The van der Waals surface area contributed by atoms with E-state index in [1.54, 1.807) is 0 Å². The zero-order valence-corrected chi connectivity index (χ0v) is 9.55. The SMILES string of the molecule is CCCn1ccc2ccc(C(N)=S)cc21. The first-order chi connectivity index (χ1) is 7.22. The average molecular weight is 218 g/mol. The Morgan fingerprint density at radius 3 is 2.87 bits per heavy atom. The van der Waals surface area contributed by atoms with E-state index in [1.165, 1.54) is 10.9 Å². The number of benzene rings is 1. The van der Waals surface area contributed by atoms with Crippen molar-refractivity contribution in [3.63, 3.8) is 0 Å². The predicted molar refractivity (Wildman–Crippen MR) is 68.1 cm³/mol. The first-order valence-electron chi connectivity index (χ1n) is 5.11. The minimum Gasteiger partial charge on any atom is -0.389 e. The van der Waals surface area contributed by atoms with Crippen molar-refractivity contribution in [1.82, 2.24) is 4.57 Å². The minimum absolute atomic E-state index is 0.459. The highest BCUT2D eigenvalue weighted by molar-refractivity contribution is 7.80. The van der Waals surface area contributed by atoms with Crippen molar-refractivity contribution in [2.24, 2.45) is 5.73 Å². The Bertz CT molecular complexity index is 499. The summed E-state index contributed by atoms with van der Waals surface area (Å²) in [6.45, 7) is 3.20. The summed E-state index contributed by atoms with van der Waals surface area (Å²) in [5, 5.41) is 1.24. The summed E-state index contributed by atoms with van der Waals surface area (Å²) in [6.07, 6.45) is 3.23. The second-order valence-corrected chi connectivity index (χ2v) is 4.09. The minimum atomic E-state index is 0.459. The van der Waals surface area contributed by atoms with Crippen molar-refractivity contribution < 1.29 is 0 Å². The molecule has 2 rings (SSSR count). The van der Waals surface area contributed by atoms with Crippen LogP contribution < -0.4 is 5.73 Å². The Labute approximate surface area is 94.7 Å². The smallest absolute Gasteiger partial charge is 0.104 e. The van der Waals surface area contributed by atoms with Gasteiger partial charge in [0.15, 0.2) is 0 Å². The second-order valence-electron chi connectivity index (χ2n) is 3.65. The summed E-state index contributed by atoms with van der Waals surface area (Å²) < 4.78 is 2.23. The quantitative estimate of drug-likeness (QED) is 0.803. The summed E-state index contributed by atoms with van der Waals surface area (Å²) in [7, 11) is 0. The maximum absolute atomic E-state index is 5.62. The third-order valence-corrected chi connectivity index (χ3v) is 2.76. The molecule has 1 aromatic heterocycles. The lowest BCUT2D eigenvalue weighted by Crippen LogP contribution is -2.09. The Balaban J connectivity index is 2.56. The van der Waals surface area contributed by atoms with Crippen molar-refractivity contribution in [1.29, 1.82) is 0 Å². The molecule has 0 atom stereocenters. The van der Waals surface area contributed by atoms with Crippen LogP contribution in [-0.4, -0.2) is 9.56 Å². The summed E-state index contributed by atoms with van der Waals surface area (Å²) in [5.74, 6) is 0. The van der Waals surface area contributed by atoms with Crippen molar-refractivity contribution in [2.45, 2.75) is 19.9 Å². The van der Waals surface area contributed by atoms with Crippen LogP contribution in [0.5, 0.6) is 0 Å². The molecule has 2 aromatic rings. The van der Waals surface area contributed by atoms with Gasteiger partial charge in [0.1, 0.15) is 4.99 Å². The van der Waals surface area contributed by atoms with Gasteiger partial charge in [-0.25, -0.2) is 0 Å². The number of aromatic nitrogens is 1. The molecule has 3 heteroatoms. The molecule has 0 amide bonds. The molecule has 1 heterocycles. The Hall–Kier alpha value is -1.35. The van der Waals surface area contributed by atoms with Gasteiger partial charge in [0.2, 0.25) is 0 Å². The maximum atomic E-state index is 5.62. The molecular weight excluding hydrogens is 204 g/mol. The van der Waals surface area contributed by atoms with Crippen LogP contribution in [0.15, 0.2) is 30.5 Å². The molecule has 0 aliphatic rings. The van der Waals surface area contributed by atoms with Crippen molar-refractivity contribution in [3.05, 3.63) is 36.0 Å². The summed E-state index contributed by atoms with van der Waals surface area (Å²) in [5.41, 5.74) is 7.77. The average Bonchev–Trinajstić information content (AvgIpc) is 2.61. The van der Waals surface area contributed by atoms with Gasteiger partial charge in [0.05, 0.1) is 0 Å². The zero-order valence-electron chi connectivity index (χ0n) is 8.73. The van der Waals surface area contributed by atoms with Crippen molar-refractivity contribution >= 4 is 28.1 Å². The van der Waals surface area contributed by atoms with E-state index in [9.17, 15) is 0 Å². The molecule has 0 fully saturated rings. The Morgan fingerprint density at radius 1 is 1.40 bits per heavy atom. The summed E-state index contributed by atoms with van der Waals surface area (Å²) >= 11 is 4.98. The van der Waals surface area contributed by atoms with Crippen LogP contribution in [0.4, 0.5) is 0 Å². The van der Waals surface area contributed by atoms with Gasteiger partial charge in [0.25, 0.3) is 0 Å². The van der Waals surface area contributed by atoms with E-state index in [4.69, 9.17) is 18.0 Å². The van der Waals surface area contributed by atoms with E-state index in [0.29, 0.717) is 4.99 Å². The molecule has 0 bridgehead atoms. The number of rotatable bonds is 3. The molecule has 0 aliphatic carbocycles. The van der Waals surface area contributed by atoms with Gasteiger partial charge in [-0.1, -0.05) is 31.3 Å². The fraction of sp³-hybridized carbons (Fsp3) is 0.250. The summed E-state index contributed by atoms with van der Waals surface area (Å²) in [6, 6.07) is 8.22. The lowest BCUT2D eigenvalue weighted by Gasteiger charge is -2.04. The number of hydrogen-bond donors (Lipinski definition) is 1. The monoisotopic (exact) mass is 218 g/mol. The Morgan fingerprint density at radius 2 is 2.20 bits per heavy atom. The third-order valence-electron chi connectivity index (χ3n) is 2.52. The molecule has 0 spiro atoms. The largest absolute Gasteiger partial charge is 0.389 e. The highest BCUT2D eigenvalue weighted by atomic mass is 32.1. The molecule has 2 nitrogen and oxygen atoms in total. The fourth-order valence-electron chi connectivity index (χ4n) is 1.77. The van der Waals surface area contributed by atoms with Crippen LogP contribution in [0.25, 0.3) is 10.9 Å². The van der Waals surface area contributed by atoms with Crippen LogP contribution in [0.2, 0.25) is 0 Å². The number of thiocarbonyl (C=S) groups is 1. The van der Waals surface area contributed by atoms with E-state index in [-0.39, 0.29) is 0 Å². The van der Waals surface area contributed by atoms with Crippen LogP contribution in [0.3, 0.4) is 0 Å². The molecule has 0 radical (unpaired) electrons. The van der Waals surface area contributed by atoms with Crippen LogP contribution in [-0.2, 0) is 6.54 Å². The highest BCUT2D eigenvalue weighted by Gasteiger charge is 2.02. The van der Waals surface area contributed by atoms with Gasteiger partial charge < -0.3 is 10.3 Å². The number of aryl methyl sites for hydroxylation is 1. The predicted octanol–water partition coefficient (Wildman–Crippen LogP) is 2.69. The number of hydrogen-bond acceptors (Lipinski definition) is 1. The number of fused-ring (bicyclic) bond motifs is 1. The second kappa shape index (κ2) is 4.03. The number of nitrogens with zero attached hydrogens (tertiary/aromatic N) is 1. The van der Waals surface area contributed by atoms with E-state index in [1.807, 2.05) is 6.07 Å². The highest BCUT2D eigenvalue weighted by Crippen LogP contribution is 2.18. The zero-order chi connectivity index (χ0) is 10.8. The molecular formula is C12H14N2S. The molecule has 1 aromatic carbocycles. The first-order valence-corrected chi connectivity index (χ1v) is 5.52. The molecule has 0 aliphatic heterocycles. The third kappa shape index (κ3) is 1.88. The maximum Gasteiger partial charge on any atom is 0.104 e. The first kappa shape index (κ1) is 10.2. The van der Waals surface area contributed by atoms with Gasteiger partial charge in [-0.15, -0.1) is 0 Å². The molecule has 78 valence electrons. The topological polar surface area (TPSA) is 30.9 Å². The van der Waals surface area contributed by atoms with E-state index >= 15 is 0 Å². The summed E-state index contributed by atoms with van der Waals surface area (Å²) in [4.78, 5) is 0.459. The molecule has 2 N–H and O–H groups in total. The normalized spacial score (nSPS) is 10.7. The standard InChI is InChI=1S/C12H14N2S/c1-2-6-14-7-5-9-3-4-10(12(13)15)8-11(9)14/h3-5,7-8H,2,6H2,1H3,(H2,13,15).